The summed E-state index contributed by atoms with van der Waals surface area (Å²) in [5.41, 5.74) is 0. The molecule has 18 heavy (non-hydrogen) atoms. The van der Waals surface area contributed by atoms with Gasteiger partial charge in [-0.15, -0.1) is 0 Å². The van der Waals surface area contributed by atoms with Crippen LogP contribution in [0.3, 0.4) is 0 Å². The lowest BCUT2D eigenvalue weighted by atomic mass is 10.2. The fraction of sp³-hybridized carbons (Fsp3) is 0.500. The smallest absolute Gasteiger partial charge is 0.287 e. The summed E-state index contributed by atoms with van der Waals surface area (Å²) in [5.74, 6) is -0.458. The quantitative estimate of drug-likeness (QED) is 0.581. The molecule has 2 amide bonds. The van der Waals surface area contributed by atoms with Gasteiger partial charge in [0, 0.05) is 13.2 Å². The molecule has 0 unspecified atom stereocenters. The van der Waals surface area contributed by atoms with Crippen LogP contribution in [0.4, 0.5) is 0 Å². The van der Waals surface area contributed by atoms with Crippen molar-refractivity contribution in [2.45, 2.75) is 19.3 Å². The van der Waals surface area contributed by atoms with Gasteiger partial charge in [0.05, 0.1) is 12.8 Å². The summed E-state index contributed by atoms with van der Waals surface area (Å²) in [5, 5.41) is 13.7. The predicted molar refractivity (Wildman–Crippen MR) is 65.0 cm³/mol. The molecule has 0 radical (unpaired) electrons. The second-order valence-electron chi connectivity index (χ2n) is 3.79. The van der Waals surface area contributed by atoms with E-state index >= 15 is 0 Å². The summed E-state index contributed by atoms with van der Waals surface area (Å²) >= 11 is 0. The van der Waals surface area contributed by atoms with Crippen molar-refractivity contribution >= 4 is 11.8 Å². The van der Waals surface area contributed by atoms with Crippen molar-refractivity contribution in [1.29, 1.82) is 0 Å². The second kappa shape index (κ2) is 8.30. The molecule has 3 N–H and O–H groups in total. The number of aliphatic hydroxyl groups excluding tert-OH is 1. The maximum absolute atomic E-state index is 11.4. The fourth-order valence-electron chi connectivity index (χ4n) is 1.36. The van der Waals surface area contributed by atoms with E-state index in [1.54, 1.807) is 6.07 Å². The Balaban J connectivity index is 2.08. The van der Waals surface area contributed by atoms with Crippen LogP contribution < -0.4 is 10.6 Å². The van der Waals surface area contributed by atoms with Crippen molar-refractivity contribution in [3.8, 4) is 0 Å². The van der Waals surface area contributed by atoms with Gasteiger partial charge in [0.15, 0.2) is 5.76 Å². The SMILES string of the molecule is O=C(CNC(=O)c1ccco1)NCCCCCO. The van der Waals surface area contributed by atoms with Gasteiger partial charge >= 0.3 is 0 Å². The van der Waals surface area contributed by atoms with E-state index < -0.39 is 5.91 Å². The van der Waals surface area contributed by atoms with E-state index in [1.807, 2.05) is 0 Å². The molecule has 1 aromatic rings. The van der Waals surface area contributed by atoms with E-state index in [0.717, 1.165) is 19.3 Å². The topological polar surface area (TPSA) is 91.6 Å². The lowest BCUT2D eigenvalue weighted by Gasteiger charge is -2.05. The third-order valence-electron chi connectivity index (χ3n) is 2.31. The van der Waals surface area contributed by atoms with Gasteiger partial charge in [-0.25, -0.2) is 0 Å². The van der Waals surface area contributed by atoms with E-state index in [4.69, 9.17) is 9.52 Å². The Bertz CT molecular complexity index is 362. The first kappa shape index (κ1) is 14.2. The highest BCUT2D eigenvalue weighted by Crippen LogP contribution is 1.98. The summed E-state index contributed by atoms with van der Waals surface area (Å²) in [6.45, 7) is 0.655. The molecule has 0 saturated carbocycles. The molecule has 0 atom stereocenters. The zero-order chi connectivity index (χ0) is 13.2. The first-order valence-corrected chi connectivity index (χ1v) is 5.93. The van der Waals surface area contributed by atoms with Crippen molar-refractivity contribution < 1.29 is 19.1 Å². The lowest BCUT2D eigenvalue weighted by molar-refractivity contribution is -0.120. The number of unbranched alkanes of at least 4 members (excludes halogenated alkanes) is 2. The Labute approximate surface area is 105 Å². The summed E-state index contributed by atoms with van der Waals surface area (Å²) in [4.78, 5) is 22.8. The molecule has 6 nitrogen and oxygen atoms in total. The van der Waals surface area contributed by atoms with Crippen LogP contribution in [-0.2, 0) is 4.79 Å². The summed E-state index contributed by atoms with van der Waals surface area (Å²) in [7, 11) is 0. The van der Waals surface area contributed by atoms with E-state index in [9.17, 15) is 9.59 Å². The molecule has 1 aromatic heterocycles. The normalized spacial score (nSPS) is 10.1. The van der Waals surface area contributed by atoms with E-state index in [1.165, 1.54) is 12.3 Å². The molecule has 0 fully saturated rings. The predicted octanol–water partition coefficient (Wildman–Crippen LogP) is 0.288. The third-order valence-corrected chi connectivity index (χ3v) is 2.31. The molecule has 6 heteroatoms. The molecule has 100 valence electrons. The van der Waals surface area contributed by atoms with Crippen molar-refractivity contribution in [3.05, 3.63) is 24.2 Å². The van der Waals surface area contributed by atoms with Crippen LogP contribution in [0.15, 0.2) is 22.8 Å². The van der Waals surface area contributed by atoms with Crippen LogP contribution in [0.1, 0.15) is 29.8 Å². The van der Waals surface area contributed by atoms with Crippen LogP contribution in [0, 0.1) is 0 Å². The zero-order valence-electron chi connectivity index (χ0n) is 10.1. The van der Waals surface area contributed by atoms with Crippen LogP contribution in [0.25, 0.3) is 0 Å². The number of nitrogens with one attached hydrogen (secondary N) is 2. The Morgan fingerprint density at radius 2 is 2.06 bits per heavy atom. The van der Waals surface area contributed by atoms with Gasteiger partial charge in [0.1, 0.15) is 0 Å². The fourth-order valence-corrected chi connectivity index (χ4v) is 1.36. The average Bonchev–Trinajstić information content (AvgIpc) is 2.89. The van der Waals surface area contributed by atoms with E-state index in [-0.39, 0.29) is 24.8 Å². The highest BCUT2D eigenvalue weighted by molar-refractivity contribution is 5.94. The number of aliphatic hydroxyl groups is 1. The second-order valence-corrected chi connectivity index (χ2v) is 3.79. The van der Waals surface area contributed by atoms with Crippen LogP contribution >= 0.6 is 0 Å². The highest BCUT2D eigenvalue weighted by atomic mass is 16.3. The Morgan fingerprint density at radius 1 is 1.22 bits per heavy atom. The Morgan fingerprint density at radius 3 is 2.72 bits per heavy atom. The first-order valence-electron chi connectivity index (χ1n) is 5.93. The minimum atomic E-state index is -0.407. The van der Waals surface area contributed by atoms with Crippen LogP contribution in [0.5, 0.6) is 0 Å². The van der Waals surface area contributed by atoms with Gasteiger partial charge in [-0.3, -0.25) is 9.59 Å². The molecule has 0 aliphatic rings. The number of amides is 2. The molecule has 0 aliphatic heterocycles. The minimum Gasteiger partial charge on any atom is -0.459 e. The van der Waals surface area contributed by atoms with Crippen molar-refractivity contribution in [1.82, 2.24) is 10.6 Å². The van der Waals surface area contributed by atoms with Gasteiger partial charge in [-0.1, -0.05) is 0 Å². The number of hydrogen-bond donors (Lipinski definition) is 3. The van der Waals surface area contributed by atoms with Gasteiger partial charge < -0.3 is 20.2 Å². The number of hydrogen-bond acceptors (Lipinski definition) is 4. The van der Waals surface area contributed by atoms with Crippen molar-refractivity contribution in [2.75, 3.05) is 19.7 Å². The monoisotopic (exact) mass is 254 g/mol. The molecule has 0 aliphatic carbocycles. The molecule has 1 heterocycles. The van der Waals surface area contributed by atoms with Gasteiger partial charge in [0.25, 0.3) is 5.91 Å². The number of furan rings is 1. The summed E-state index contributed by atoms with van der Waals surface area (Å²) in [6.07, 6.45) is 3.83. The maximum atomic E-state index is 11.4. The van der Waals surface area contributed by atoms with E-state index in [2.05, 4.69) is 10.6 Å². The Kier molecular flexibility index (Phi) is 6.56. The third kappa shape index (κ3) is 5.49. The van der Waals surface area contributed by atoms with Crippen LogP contribution in [-0.4, -0.2) is 36.6 Å². The maximum Gasteiger partial charge on any atom is 0.287 e. The average molecular weight is 254 g/mol. The Hall–Kier alpha value is -1.82. The first-order chi connectivity index (χ1) is 8.74. The molecule has 0 aromatic carbocycles. The van der Waals surface area contributed by atoms with E-state index in [0.29, 0.717) is 6.54 Å². The number of carbonyl (C=O) groups excluding carboxylic acids is 2. The molecule has 1 rings (SSSR count). The summed E-state index contributed by atoms with van der Waals surface area (Å²) in [6, 6.07) is 3.14. The van der Waals surface area contributed by atoms with Crippen molar-refractivity contribution in [2.24, 2.45) is 0 Å². The highest BCUT2D eigenvalue weighted by Gasteiger charge is 2.09. The van der Waals surface area contributed by atoms with Gasteiger partial charge in [0.2, 0.25) is 5.91 Å². The van der Waals surface area contributed by atoms with Gasteiger partial charge in [-0.2, -0.15) is 0 Å². The molecule has 0 saturated heterocycles. The zero-order valence-corrected chi connectivity index (χ0v) is 10.1. The molecule has 0 spiro atoms. The van der Waals surface area contributed by atoms with Crippen molar-refractivity contribution in [3.63, 3.8) is 0 Å². The molecular weight excluding hydrogens is 236 g/mol. The largest absolute Gasteiger partial charge is 0.459 e. The lowest BCUT2D eigenvalue weighted by Crippen LogP contribution is -2.37. The summed E-state index contributed by atoms with van der Waals surface area (Å²) < 4.78 is 4.89. The van der Waals surface area contributed by atoms with Gasteiger partial charge in [-0.05, 0) is 31.4 Å². The number of carbonyl (C=O) groups is 2. The minimum absolute atomic E-state index is 0.0699. The van der Waals surface area contributed by atoms with Crippen LogP contribution in [0.2, 0.25) is 0 Å². The molecule has 0 bridgehead atoms. The number of rotatable bonds is 8. The standard InChI is InChI=1S/C12H18N2O4/c15-7-3-1-2-6-13-11(16)9-14-12(17)10-5-4-8-18-10/h4-5,8,15H,1-3,6-7,9H2,(H,13,16)(H,14,17). The molecular formula is C12H18N2O4.